The Morgan fingerprint density at radius 2 is 2.00 bits per heavy atom. The maximum atomic E-state index is 13.2. The van der Waals surface area contributed by atoms with E-state index in [1.54, 1.807) is 12.1 Å². The van der Waals surface area contributed by atoms with Gasteiger partial charge in [0.05, 0.1) is 6.07 Å². The van der Waals surface area contributed by atoms with Crippen molar-refractivity contribution in [3.63, 3.8) is 0 Å². The molecule has 0 spiro atoms. The Morgan fingerprint density at radius 1 is 1.24 bits per heavy atom. The fraction of sp³-hybridized carbons (Fsp3) is 0.167. The van der Waals surface area contributed by atoms with Crippen molar-refractivity contribution >= 4 is 5.95 Å². The van der Waals surface area contributed by atoms with Crippen LogP contribution in [0.5, 0.6) is 11.6 Å². The summed E-state index contributed by atoms with van der Waals surface area (Å²) < 4.78 is 18.6. The molecule has 1 aromatic heterocycles. The van der Waals surface area contributed by atoms with Gasteiger partial charge in [0, 0.05) is 6.54 Å². The van der Waals surface area contributed by atoms with Crippen LogP contribution in [-0.4, -0.2) is 16.5 Å². The molecule has 1 aromatic carbocycles. The first-order valence-electron chi connectivity index (χ1n) is 5.29. The first-order chi connectivity index (χ1) is 8.28. The molecule has 0 aliphatic carbocycles. The Balaban J connectivity index is 2.21. The summed E-state index contributed by atoms with van der Waals surface area (Å²) >= 11 is 0. The summed E-state index contributed by atoms with van der Waals surface area (Å²) in [5.74, 6) is 0.382. The minimum Gasteiger partial charge on any atom is -0.439 e. The lowest BCUT2D eigenvalue weighted by atomic mass is 10.3. The molecule has 5 heteroatoms. The van der Waals surface area contributed by atoms with E-state index in [1.807, 2.05) is 25.1 Å². The fourth-order valence-corrected chi connectivity index (χ4v) is 1.30. The summed E-state index contributed by atoms with van der Waals surface area (Å²) in [6, 6.07) is 10.2. The number of ether oxygens (including phenoxy) is 1. The van der Waals surface area contributed by atoms with Gasteiger partial charge in [-0.2, -0.15) is 14.4 Å². The van der Waals surface area contributed by atoms with Gasteiger partial charge in [-0.1, -0.05) is 18.2 Å². The average molecular weight is 233 g/mol. The zero-order valence-electron chi connectivity index (χ0n) is 9.35. The normalized spacial score (nSPS) is 10.0. The van der Waals surface area contributed by atoms with Crippen LogP contribution in [0.15, 0.2) is 36.4 Å². The number of hydrogen-bond donors (Lipinski definition) is 1. The van der Waals surface area contributed by atoms with E-state index in [4.69, 9.17) is 4.74 Å². The number of rotatable bonds is 4. The van der Waals surface area contributed by atoms with Gasteiger partial charge in [0.1, 0.15) is 5.75 Å². The number of para-hydroxylation sites is 1. The summed E-state index contributed by atoms with van der Waals surface area (Å²) in [7, 11) is 0. The molecule has 0 fully saturated rings. The van der Waals surface area contributed by atoms with Gasteiger partial charge in [-0.05, 0) is 19.1 Å². The summed E-state index contributed by atoms with van der Waals surface area (Å²) in [6.07, 6.45) is 0. The van der Waals surface area contributed by atoms with Gasteiger partial charge in [-0.25, -0.2) is 0 Å². The van der Waals surface area contributed by atoms with Crippen LogP contribution >= 0.6 is 0 Å². The number of benzene rings is 1. The smallest absolute Gasteiger partial charge is 0.228 e. The number of anilines is 1. The van der Waals surface area contributed by atoms with Crippen molar-refractivity contribution in [1.82, 2.24) is 9.97 Å². The lowest BCUT2D eigenvalue weighted by molar-refractivity contribution is 0.452. The van der Waals surface area contributed by atoms with Crippen molar-refractivity contribution in [1.29, 1.82) is 0 Å². The third-order valence-corrected chi connectivity index (χ3v) is 1.97. The Morgan fingerprint density at radius 3 is 2.71 bits per heavy atom. The number of nitrogens with one attached hydrogen (secondary N) is 1. The summed E-state index contributed by atoms with van der Waals surface area (Å²) in [5.41, 5.74) is 0. The second-order valence-electron chi connectivity index (χ2n) is 3.30. The molecule has 0 saturated heterocycles. The molecule has 17 heavy (non-hydrogen) atoms. The van der Waals surface area contributed by atoms with Gasteiger partial charge >= 0.3 is 0 Å². The molecule has 0 unspecified atom stereocenters. The van der Waals surface area contributed by atoms with Crippen LogP contribution in [0.3, 0.4) is 0 Å². The van der Waals surface area contributed by atoms with Crippen LogP contribution in [0.25, 0.3) is 0 Å². The van der Waals surface area contributed by atoms with Crippen molar-refractivity contribution in [2.24, 2.45) is 0 Å². The maximum Gasteiger partial charge on any atom is 0.228 e. The Hall–Kier alpha value is -2.17. The van der Waals surface area contributed by atoms with Crippen LogP contribution in [0.1, 0.15) is 6.92 Å². The Kier molecular flexibility index (Phi) is 3.49. The predicted molar refractivity (Wildman–Crippen MR) is 62.7 cm³/mol. The summed E-state index contributed by atoms with van der Waals surface area (Å²) in [4.78, 5) is 7.63. The van der Waals surface area contributed by atoms with E-state index in [-0.39, 0.29) is 11.8 Å². The summed E-state index contributed by atoms with van der Waals surface area (Å²) in [6.45, 7) is 2.50. The van der Waals surface area contributed by atoms with Crippen LogP contribution in [0.2, 0.25) is 0 Å². The second-order valence-corrected chi connectivity index (χ2v) is 3.30. The van der Waals surface area contributed by atoms with E-state index in [0.717, 1.165) is 6.07 Å². The van der Waals surface area contributed by atoms with Gasteiger partial charge < -0.3 is 10.1 Å². The van der Waals surface area contributed by atoms with Gasteiger partial charge in [0.2, 0.25) is 17.8 Å². The van der Waals surface area contributed by atoms with Crippen LogP contribution in [0, 0.1) is 5.95 Å². The van der Waals surface area contributed by atoms with E-state index in [0.29, 0.717) is 12.3 Å². The van der Waals surface area contributed by atoms with Crippen LogP contribution < -0.4 is 10.1 Å². The van der Waals surface area contributed by atoms with E-state index >= 15 is 0 Å². The highest BCUT2D eigenvalue weighted by molar-refractivity contribution is 5.31. The van der Waals surface area contributed by atoms with Crippen molar-refractivity contribution in [3.05, 3.63) is 42.3 Å². The minimum atomic E-state index is -0.623. The van der Waals surface area contributed by atoms with Gasteiger partial charge in [-0.15, -0.1) is 0 Å². The molecular weight excluding hydrogens is 221 g/mol. The Bertz CT molecular complexity index is 490. The molecule has 0 aliphatic heterocycles. The molecule has 0 atom stereocenters. The Labute approximate surface area is 98.5 Å². The standard InChI is InChI=1S/C12H12FN3O/c1-2-14-12-15-10(13)8-11(16-12)17-9-6-4-3-5-7-9/h3-8H,2H2,1H3,(H,14,15,16). The lowest BCUT2D eigenvalue weighted by Gasteiger charge is -2.06. The molecule has 0 bridgehead atoms. The fourth-order valence-electron chi connectivity index (χ4n) is 1.30. The number of hydrogen-bond acceptors (Lipinski definition) is 4. The molecule has 0 amide bonds. The quantitative estimate of drug-likeness (QED) is 0.825. The summed E-state index contributed by atoms with van der Waals surface area (Å²) in [5, 5.41) is 2.83. The topological polar surface area (TPSA) is 47.0 Å². The van der Waals surface area contributed by atoms with Crippen molar-refractivity contribution in [2.45, 2.75) is 6.92 Å². The van der Waals surface area contributed by atoms with Crippen molar-refractivity contribution in [2.75, 3.05) is 11.9 Å². The maximum absolute atomic E-state index is 13.2. The van der Waals surface area contributed by atoms with E-state index in [1.165, 1.54) is 0 Å². The predicted octanol–water partition coefficient (Wildman–Crippen LogP) is 2.84. The molecule has 1 N–H and O–H groups in total. The molecular formula is C12H12FN3O. The number of halogens is 1. The SMILES string of the molecule is CCNc1nc(F)cc(Oc2ccccc2)n1. The molecule has 88 valence electrons. The van der Waals surface area contributed by atoms with E-state index in [9.17, 15) is 4.39 Å². The minimum absolute atomic E-state index is 0.180. The van der Waals surface area contributed by atoms with E-state index < -0.39 is 5.95 Å². The highest BCUT2D eigenvalue weighted by atomic mass is 19.1. The third-order valence-electron chi connectivity index (χ3n) is 1.97. The highest BCUT2D eigenvalue weighted by Crippen LogP contribution is 2.20. The average Bonchev–Trinajstić information content (AvgIpc) is 2.30. The van der Waals surface area contributed by atoms with Crippen LogP contribution in [0.4, 0.5) is 10.3 Å². The lowest BCUT2D eigenvalue weighted by Crippen LogP contribution is -2.04. The van der Waals surface area contributed by atoms with E-state index in [2.05, 4.69) is 15.3 Å². The molecule has 1 heterocycles. The second kappa shape index (κ2) is 5.25. The zero-order valence-corrected chi connectivity index (χ0v) is 9.35. The molecule has 0 saturated carbocycles. The number of nitrogens with zero attached hydrogens (tertiary/aromatic N) is 2. The third kappa shape index (κ3) is 3.14. The largest absolute Gasteiger partial charge is 0.439 e. The first-order valence-corrected chi connectivity index (χ1v) is 5.29. The van der Waals surface area contributed by atoms with Gasteiger partial charge in [0.25, 0.3) is 0 Å². The van der Waals surface area contributed by atoms with Gasteiger partial charge in [-0.3, -0.25) is 0 Å². The van der Waals surface area contributed by atoms with Crippen molar-refractivity contribution in [3.8, 4) is 11.6 Å². The molecule has 2 aromatic rings. The van der Waals surface area contributed by atoms with Gasteiger partial charge in [0.15, 0.2) is 0 Å². The zero-order chi connectivity index (χ0) is 12.1. The monoisotopic (exact) mass is 233 g/mol. The highest BCUT2D eigenvalue weighted by Gasteiger charge is 2.05. The number of aromatic nitrogens is 2. The molecule has 4 nitrogen and oxygen atoms in total. The molecule has 0 aliphatic rings. The molecule has 2 rings (SSSR count). The van der Waals surface area contributed by atoms with Crippen molar-refractivity contribution < 1.29 is 9.13 Å². The molecule has 0 radical (unpaired) electrons. The first kappa shape index (κ1) is 11.3. The van der Waals surface area contributed by atoms with Crippen LogP contribution in [-0.2, 0) is 0 Å².